The lowest BCUT2D eigenvalue weighted by molar-refractivity contribution is -0.137. The number of hydrogen-bond donors (Lipinski definition) is 1. The number of nitrogens with one attached hydrogen (secondary N) is 1. The minimum absolute atomic E-state index is 0.0846. The van der Waals surface area contributed by atoms with Crippen LogP contribution in [0.15, 0.2) is 69.6 Å². The average Bonchev–Trinajstić information content (AvgIpc) is 3.19. The first-order valence-corrected chi connectivity index (χ1v) is 9.52. The number of halogens is 4. The molecule has 3 rings (SSSR count). The van der Waals surface area contributed by atoms with Crippen molar-refractivity contribution in [2.75, 3.05) is 18.9 Å². The van der Waals surface area contributed by atoms with Crippen LogP contribution >= 0.6 is 15.9 Å². The lowest BCUT2D eigenvalue weighted by atomic mass is 10.1. The van der Waals surface area contributed by atoms with Gasteiger partial charge in [-0.2, -0.15) is 13.2 Å². The number of benzene rings is 2. The molecule has 1 aromatic heterocycles. The largest absolute Gasteiger partial charge is 0.451 e. The smallest absolute Gasteiger partial charge is 0.416 e. The molecule has 0 saturated carbocycles. The van der Waals surface area contributed by atoms with Crippen LogP contribution in [0.25, 0.3) is 11.3 Å². The van der Waals surface area contributed by atoms with E-state index in [2.05, 4.69) is 21.2 Å². The van der Waals surface area contributed by atoms with E-state index in [0.717, 1.165) is 17.0 Å². The number of para-hydroxylation sites is 1. The molecular weight excluding hydrogens is 465 g/mol. The topological polar surface area (TPSA) is 62.6 Å². The predicted octanol–water partition coefficient (Wildman–Crippen LogP) is 5.44. The van der Waals surface area contributed by atoms with E-state index >= 15 is 0 Å². The molecule has 0 aliphatic carbocycles. The standard InChI is InChI=1S/C21H16BrF3N2O3/c1-27(12-19(28)26-16-8-3-2-7-15(16)22)20(29)18-10-9-17(30-18)13-5-4-6-14(11-13)21(23,24)25/h2-11H,12H2,1H3,(H,26,28). The molecule has 1 N–H and O–H groups in total. The summed E-state index contributed by atoms with van der Waals surface area (Å²) < 4.78 is 44.8. The second-order valence-corrected chi connectivity index (χ2v) is 7.29. The van der Waals surface area contributed by atoms with Crippen LogP contribution < -0.4 is 5.32 Å². The zero-order chi connectivity index (χ0) is 21.9. The van der Waals surface area contributed by atoms with E-state index in [-0.39, 0.29) is 23.6 Å². The van der Waals surface area contributed by atoms with Crippen LogP contribution in [0.5, 0.6) is 0 Å². The molecule has 156 valence electrons. The molecule has 2 amide bonds. The van der Waals surface area contributed by atoms with E-state index in [1.54, 1.807) is 24.3 Å². The summed E-state index contributed by atoms with van der Waals surface area (Å²) in [6, 6.07) is 14.4. The van der Waals surface area contributed by atoms with Gasteiger partial charge in [-0.15, -0.1) is 0 Å². The zero-order valence-electron chi connectivity index (χ0n) is 15.7. The maximum absolute atomic E-state index is 12.9. The lowest BCUT2D eigenvalue weighted by Crippen LogP contribution is -2.34. The summed E-state index contributed by atoms with van der Waals surface area (Å²) in [6.07, 6.45) is -4.48. The maximum Gasteiger partial charge on any atom is 0.416 e. The molecule has 1 heterocycles. The first kappa shape index (κ1) is 21.6. The Hall–Kier alpha value is -3.07. The minimum Gasteiger partial charge on any atom is -0.451 e. The summed E-state index contributed by atoms with van der Waals surface area (Å²) in [5.41, 5.74) is -0.0588. The van der Waals surface area contributed by atoms with Crippen molar-refractivity contribution in [1.82, 2.24) is 4.90 Å². The SMILES string of the molecule is CN(CC(=O)Nc1ccccc1Br)C(=O)c1ccc(-c2cccc(C(F)(F)F)c2)o1. The highest BCUT2D eigenvalue weighted by Crippen LogP contribution is 2.32. The summed E-state index contributed by atoms with van der Waals surface area (Å²) in [5, 5.41) is 2.68. The van der Waals surface area contributed by atoms with Gasteiger partial charge < -0.3 is 14.6 Å². The summed E-state index contributed by atoms with van der Waals surface area (Å²) in [6.45, 7) is -0.236. The molecule has 9 heteroatoms. The van der Waals surface area contributed by atoms with Gasteiger partial charge in [-0.05, 0) is 52.3 Å². The van der Waals surface area contributed by atoms with Crippen LogP contribution in [0.1, 0.15) is 16.1 Å². The highest BCUT2D eigenvalue weighted by Gasteiger charge is 2.30. The third kappa shape index (κ3) is 5.10. The van der Waals surface area contributed by atoms with Crippen LogP contribution in [0, 0.1) is 0 Å². The molecule has 5 nitrogen and oxygen atoms in total. The molecule has 0 fully saturated rings. The van der Waals surface area contributed by atoms with Gasteiger partial charge in [0, 0.05) is 17.1 Å². The van der Waals surface area contributed by atoms with Crippen molar-refractivity contribution in [1.29, 1.82) is 0 Å². The number of likely N-dealkylation sites (N-methyl/N-ethyl adjacent to an activating group) is 1. The van der Waals surface area contributed by atoms with E-state index in [1.165, 1.54) is 31.3 Å². The van der Waals surface area contributed by atoms with Crippen molar-refractivity contribution in [2.24, 2.45) is 0 Å². The molecule has 0 radical (unpaired) electrons. The van der Waals surface area contributed by atoms with Crippen LogP contribution in [0.4, 0.5) is 18.9 Å². The van der Waals surface area contributed by atoms with Crippen LogP contribution in [0.2, 0.25) is 0 Å². The molecule has 0 unspecified atom stereocenters. The molecule has 0 saturated heterocycles. The molecular formula is C21H16BrF3N2O3. The van der Waals surface area contributed by atoms with Gasteiger partial charge in [0.25, 0.3) is 5.91 Å². The van der Waals surface area contributed by atoms with Crippen molar-refractivity contribution in [3.8, 4) is 11.3 Å². The van der Waals surface area contributed by atoms with E-state index in [4.69, 9.17) is 4.42 Å². The van der Waals surface area contributed by atoms with E-state index < -0.39 is 23.6 Å². The molecule has 3 aromatic rings. The highest BCUT2D eigenvalue weighted by atomic mass is 79.9. The Morgan fingerprint density at radius 1 is 1.07 bits per heavy atom. The van der Waals surface area contributed by atoms with Gasteiger partial charge in [-0.1, -0.05) is 24.3 Å². The second-order valence-electron chi connectivity index (χ2n) is 6.43. The van der Waals surface area contributed by atoms with Crippen molar-refractivity contribution < 1.29 is 27.2 Å². The molecule has 30 heavy (non-hydrogen) atoms. The number of nitrogens with zero attached hydrogens (tertiary/aromatic N) is 1. The summed E-state index contributed by atoms with van der Waals surface area (Å²) in [4.78, 5) is 25.9. The van der Waals surface area contributed by atoms with Crippen molar-refractivity contribution in [3.05, 3.63) is 76.5 Å². The molecule has 0 atom stereocenters. The number of rotatable bonds is 5. The number of anilines is 1. The lowest BCUT2D eigenvalue weighted by Gasteiger charge is -2.16. The summed E-state index contributed by atoms with van der Waals surface area (Å²) in [5.74, 6) is -0.952. The van der Waals surface area contributed by atoms with Crippen molar-refractivity contribution in [2.45, 2.75) is 6.18 Å². The monoisotopic (exact) mass is 480 g/mol. The molecule has 0 aliphatic rings. The number of alkyl halides is 3. The fourth-order valence-corrected chi connectivity index (χ4v) is 3.07. The Bertz CT molecular complexity index is 1080. The minimum atomic E-state index is -4.48. The predicted molar refractivity (Wildman–Crippen MR) is 109 cm³/mol. The number of hydrogen-bond acceptors (Lipinski definition) is 3. The number of furan rings is 1. The van der Waals surface area contributed by atoms with Crippen molar-refractivity contribution in [3.63, 3.8) is 0 Å². The van der Waals surface area contributed by atoms with Gasteiger partial charge in [0.05, 0.1) is 17.8 Å². The van der Waals surface area contributed by atoms with Gasteiger partial charge in [-0.25, -0.2) is 0 Å². The van der Waals surface area contributed by atoms with Crippen molar-refractivity contribution >= 4 is 33.4 Å². The fraction of sp³-hybridized carbons (Fsp3) is 0.143. The van der Waals surface area contributed by atoms with Crippen LogP contribution in [-0.2, 0) is 11.0 Å². The third-order valence-electron chi connectivity index (χ3n) is 4.17. The van der Waals surface area contributed by atoms with Gasteiger partial charge in [0.2, 0.25) is 5.91 Å². The molecule has 0 spiro atoms. The van der Waals surface area contributed by atoms with Gasteiger partial charge in [0.1, 0.15) is 5.76 Å². The maximum atomic E-state index is 12.9. The first-order valence-electron chi connectivity index (χ1n) is 8.72. The second kappa shape index (κ2) is 8.74. The van der Waals surface area contributed by atoms with Gasteiger partial charge >= 0.3 is 6.18 Å². The zero-order valence-corrected chi connectivity index (χ0v) is 17.3. The third-order valence-corrected chi connectivity index (χ3v) is 4.86. The Labute approximate surface area is 178 Å². The van der Waals surface area contributed by atoms with Crippen LogP contribution in [-0.4, -0.2) is 30.3 Å². The van der Waals surface area contributed by atoms with E-state index in [1.807, 2.05) is 0 Å². The van der Waals surface area contributed by atoms with E-state index in [0.29, 0.717) is 10.2 Å². The molecule has 2 aromatic carbocycles. The van der Waals surface area contributed by atoms with Gasteiger partial charge in [0.15, 0.2) is 5.76 Å². The number of carbonyl (C=O) groups excluding carboxylic acids is 2. The van der Waals surface area contributed by atoms with Gasteiger partial charge in [-0.3, -0.25) is 9.59 Å². The normalized spacial score (nSPS) is 11.2. The summed E-state index contributed by atoms with van der Waals surface area (Å²) in [7, 11) is 1.43. The quantitative estimate of drug-likeness (QED) is 0.528. The fourth-order valence-electron chi connectivity index (χ4n) is 2.68. The molecule has 0 aliphatic heterocycles. The Morgan fingerprint density at radius 3 is 2.50 bits per heavy atom. The average molecular weight is 481 g/mol. The Balaban J connectivity index is 1.68. The molecule has 0 bridgehead atoms. The number of carbonyl (C=O) groups is 2. The van der Waals surface area contributed by atoms with E-state index in [9.17, 15) is 22.8 Å². The summed E-state index contributed by atoms with van der Waals surface area (Å²) >= 11 is 3.32. The highest BCUT2D eigenvalue weighted by molar-refractivity contribution is 9.10. The Kier molecular flexibility index (Phi) is 6.31. The first-order chi connectivity index (χ1) is 14.1. The Morgan fingerprint density at radius 2 is 1.80 bits per heavy atom. The number of amides is 2. The van der Waals surface area contributed by atoms with Crippen LogP contribution in [0.3, 0.4) is 0 Å².